The lowest BCUT2D eigenvalue weighted by atomic mass is 10.2. The number of fused-ring (bicyclic) bond motifs is 1. The SMILES string of the molecule is COc1cccc(NC(=O)[C@H](C)Sc2ccc3ccccc3n2)c1. The van der Waals surface area contributed by atoms with Gasteiger partial charge in [0.2, 0.25) is 5.91 Å². The minimum absolute atomic E-state index is 0.0665. The molecule has 3 rings (SSSR count). The summed E-state index contributed by atoms with van der Waals surface area (Å²) in [5.41, 5.74) is 1.65. The van der Waals surface area contributed by atoms with E-state index in [4.69, 9.17) is 4.74 Å². The fourth-order valence-corrected chi connectivity index (χ4v) is 3.12. The molecule has 0 aliphatic carbocycles. The van der Waals surface area contributed by atoms with E-state index < -0.39 is 0 Å². The number of thioether (sulfide) groups is 1. The van der Waals surface area contributed by atoms with Crippen LogP contribution < -0.4 is 10.1 Å². The number of hydrogen-bond donors (Lipinski definition) is 1. The average Bonchev–Trinajstić information content (AvgIpc) is 2.61. The van der Waals surface area contributed by atoms with E-state index in [9.17, 15) is 4.79 Å². The first kappa shape index (κ1) is 16.3. The summed E-state index contributed by atoms with van der Waals surface area (Å²) in [7, 11) is 1.60. The summed E-state index contributed by atoms with van der Waals surface area (Å²) < 4.78 is 5.17. The Morgan fingerprint density at radius 1 is 1.12 bits per heavy atom. The number of methoxy groups -OCH3 is 1. The summed E-state index contributed by atoms with van der Waals surface area (Å²) in [4.78, 5) is 17.0. The quantitative estimate of drug-likeness (QED) is 0.702. The van der Waals surface area contributed by atoms with Crippen LogP contribution in [-0.4, -0.2) is 23.3 Å². The van der Waals surface area contributed by atoms with Crippen LogP contribution in [0.15, 0.2) is 65.7 Å². The molecule has 1 atom stereocenters. The van der Waals surface area contributed by atoms with Gasteiger partial charge in [-0.1, -0.05) is 42.1 Å². The second kappa shape index (κ2) is 7.36. The van der Waals surface area contributed by atoms with Crippen LogP contribution in [0, 0.1) is 0 Å². The van der Waals surface area contributed by atoms with Crippen LogP contribution in [0.5, 0.6) is 5.75 Å². The van der Waals surface area contributed by atoms with E-state index in [1.54, 1.807) is 13.2 Å². The molecular weight excluding hydrogens is 320 g/mol. The monoisotopic (exact) mass is 338 g/mol. The lowest BCUT2D eigenvalue weighted by Crippen LogP contribution is -2.22. The maximum Gasteiger partial charge on any atom is 0.237 e. The molecule has 0 radical (unpaired) electrons. The van der Waals surface area contributed by atoms with E-state index in [1.807, 2.05) is 61.5 Å². The molecule has 3 aromatic rings. The highest BCUT2D eigenvalue weighted by molar-refractivity contribution is 8.00. The number of aromatic nitrogens is 1. The smallest absolute Gasteiger partial charge is 0.237 e. The van der Waals surface area contributed by atoms with Crippen molar-refractivity contribution < 1.29 is 9.53 Å². The van der Waals surface area contributed by atoms with E-state index in [-0.39, 0.29) is 11.2 Å². The highest BCUT2D eigenvalue weighted by Gasteiger charge is 2.15. The molecule has 2 aromatic carbocycles. The Bertz CT molecular complexity index is 867. The van der Waals surface area contributed by atoms with E-state index in [2.05, 4.69) is 10.3 Å². The first-order chi connectivity index (χ1) is 11.7. The number of benzene rings is 2. The number of anilines is 1. The molecule has 1 amide bonds. The van der Waals surface area contributed by atoms with Crippen molar-refractivity contribution in [3.05, 3.63) is 60.7 Å². The molecule has 0 fully saturated rings. The second-order valence-corrected chi connectivity index (χ2v) is 6.68. The fourth-order valence-electron chi connectivity index (χ4n) is 2.29. The van der Waals surface area contributed by atoms with E-state index in [0.29, 0.717) is 5.75 Å². The minimum Gasteiger partial charge on any atom is -0.497 e. The van der Waals surface area contributed by atoms with Gasteiger partial charge in [-0.15, -0.1) is 0 Å². The summed E-state index contributed by atoms with van der Waals surface area (Å²) >= 11 is 1.44. The van der Waals surface area contributed by atoms with Crippen molar-refractivity contribution in [3.63, 3.8) is 0 Å². The molecule has 1 N–H and O–H groups in total. The maximum atomic E-state index is 12.4. The number of pyridine rings is 1. The van der Waals surface area contributed by atoms with Gasteiger partial charge in [-0.25, -0.2) is 4.98 Å². The van der Waals surface area contributed by atoms with Gasteiger partial charge in [0.15, 0.2) is 0 Å². The summed E-state index contributed by atoms with van der Waals surface area (Å²) in [6.45, 7) is 1.87. The maximum absolute atomic E-state index is 12.4. The Hall–Kier alpha value is -2.53. The van der Waals surface area contributed by atoms with Gasteiger partial charge >= 0.3 is 0 Å². The lowest BCUT2D eigenvalue weighted by Gasteiger charge is -2.12. The van der Waals surface area contributed by atoms with Gasteiger partial charge < -0.3 is 10.1 Å². The van der Waals surface area contributed by atoms with Crippen molar-refractivity contribution >= 4 is 34.3 Å². The molecule has 0 unspecified atom stereocenters. The molecule has 24 heavy (non-hydrogen) atoms. The summed E-state index contributed by atoms with van der Waals surface area (Å²) in [6, 6.07) is 19.2. The number of amides is 1. The molecule has 4 nitrogen and oxygen atoms in total. The van der Waals surface area contributed by atoms with Crippen LogP contribution in [0.2, 0.25) is 0 Å². The normalized spacial score (nSPS) is 11.9. The average molecular weight is 338 g/mol. The van der Waals surface area contributed by atoms with Crippen molar-refractivity contribution in [1.29, 1.82) is 0 Å². The number of nitrogens with one attached hydrogen (secondary N) is 1. The first-order valence-electron chi connectivity index (χ1n) is 7.63. The van der Waals surface area contributed by atoms with E-state index in [1.165, 1.54) is 11.8 Å². The molecule has 1 heterocycles. The molecule has 0 spiro atoms. The molecule has 0 bridgehead atoms. The number of carbonyl (C=O) groups excluding carboxylic acids is 1. The zero-order chi connectivity index (χ0) is 16.9. The number of para-hydroxylation sites is 1. The standard InChI is InChI=1S/C19H18N2O2S/c1-13(19(22)20-15-7-5-8-16(12-15)23-2)24-18-11-10-14-6-3-4-9-17(14)21-18/h3-13H,1-2H3,(H,20,22)/t13-/m0/s1. The molecule has 1 aromatic heterocycles. The summed E-state index contributed by atoms with van der Waals surface area (Å²) in [5, 5.41) is 4.57. The molecule has 0 aliphatic rings. The number of nitrogens with zero attached hydrogens (tertiary/aromatic N) is 1. The third kappa shape index (κ3) is 3.86. The Morgan fingerprint density at radius 3 is 2.79 bits per heavy atom. The van der Waals surface area contributed by atoms with Gasteiger partial charge in [-0.05, 0) is 31.2 Å². The largest absolute Gasteiger partial charge is 0.497 e. The van der Waals surface area contributed by atoms with Crippen molar-refractivity contribution in [2.75, 3.05) is 12.4 Å². The van der Waals surface area contributed by atoms with Gasteiger partial charge in [-0.3, -0.25) is 4.79 Å². The van der Waals surface area contributed by atoms with Crippen molar-refractivity contribution in [3.8, 4) is 5.75 Å². The Morgan fingerprint density at radius 2 is 1.96 bits per heavy atom. The fraction of sp³-hybridized carbons (Fsp3) is 0.158. The Labute approximate surface area is 145 Å². The molecular formula is C19H18N2O2S. The molecule has 0 saturated heterocycles. The summed E-state index contributed by atoms with van der Waals surface area (Å²) in [5.74, 6) is 0.646. The highest BCUT2D eigenvalue weighted by Crippen LogP contribution is 2.25. The van der Waals surface area contributed by atoms with Crippen LogP contribution >= 0.6 is 11.8 Å². The lowest BCUT2D eigenvalue weighted by molar-refractivity contribution is -0.115. The highest BCUT2D eigenvalue weighted by atomic mass is 32.2. The second-order valence-electron chi connectivity index (χ2n) is 5.32. The Balaban J connectivity index is 1.68. The molecule has 0 aliphatic heterocycles. The van der Waals surface area contributed by atoms with Crippen molar-refractivity contribution in [1.82, 2.24) is 4.98 Å². The van der Waals surface area contributed by atoms with Gasteiger partial charge in [0, 0.05) is 17.1 Å². The Kier molecular flexibility index (Phi) is 5.01. The number of carbonyl (C=O) groups is 1. The zero-order valence-corrected chi connectivity index (χ0v) is 14.3. The zero-order valence-electron chi connectivity index (χ0n) is 13.5. The van der Waals surface area contributed by atoms with Crippen LogP contribution in [0.3, 0.4) is 0 Å². The van der Waals surface area contributed by atoms with Crippen molar-refractivity contribution in [2.24, 2.45) is 0 Å². The minimum atomic E-state index is -0.259. The van der Waals surface area contributed by atoms with Crippen LogP contribution in [0.4, 0.5) is 5.69 Å². The number of rotatable bonds is 5. The van der Waals surface area contributed by atoms with Gasteiger partial charge in [0.05, 0.1) is 22.9 Å². The van der Waals surface area contributed by atoms with Crippen LogP contribution in [-0.2, 0) is 4.79 Å². The van der Waals surface area contributed by atoms with Crippen LogP contribution in [0.25, 0.3) is 10.9 Å². The van der Waals surface area contributed by atoms with E-state index >= 15 is 0 Å². The third-order valence-corrected chi connectivity index (χ3v) is 4.61. The number of ether oxygens (including phenoxy) is 1. The number of hydrogen-bond acceptors (Lipinski definition) is 4. The third-order valence-electron chi connectivity index (χ3n) is 3.58. The summed E-state index contributed by atoms with van der Waals surface area (Å²) in [6.07, 6.45) is 0. The molecule has 5 heteroatoms. The molecule has 122 valence electrons. The van der Waals surface area contributed by atoms with Gasteiger partial charge in [-0.2, -0.15) is 0 Å². The molecule has 0 saturated carbocycles. The van der Waals surface area contributed by atoms with Crippen LogP contribution in [0.1, 0.15) is 6.92 Å². The van der Waals surface area contributed by atoms with Gasteiger partial charge in [0.1, 0.15) is 5.75 Å². The predicted octanol–water partition coefficient (Wildman–Crippen LogP) is 4.36. The first-order valence-corrected chi connectivity index (χ1v) is 8.51. The van der Waals surface area contributed by atoms with Crippen molar-refractivity contribution in [2.45, 2.75) is 17.2 Å². The van der Waals surface area contributed by atoms with Gasteiger partial charge in [0.25, 0.3) is 0 Å². The predicted molar refractivity (Wildman–Crippen MR) is 98.7 cm³/mol. The van der Waals surface area contributed by atoms with E-state index in [0.717, 1.165) is 21.6 Å². The topological polar surface area (TPSA) is 51.2 Å².